The Hall–Kier alpha value is -2.08. The molecule has 0 amide bonds. The molecule has 4 N–H and O–H groups in total. The van der Waals surface area contributed by atoms with E-state index in [0.717, 1.165) is 0 Å². The van der Waals surface area contributed by atoms with Gasteiger partial charge < -0.3 is 20.7 Å². The van der Waals surface area contributed by atoms with Gasteiger partial charge in [0.2, 0.25) is 0 Å². The summed E-state index contributed by atoms with van der Waals surface area (Å²) < 4.78 is 4.87. The van der Waals surface area contributed by atoms with Crippen LogP contribution >= 0.6 is 0 Å². The highest BCUT2D eigenvalue weighted by atomic mass is 16.5. The molecule has 0 fully saturated rings. The average molecular weight is 225 g/mol. The molecule has 0 aromatic heterocycles. The summed E-state index contributed by atoms with van der Waals surface area (Å²) in [4.78, 5) is 20.8. The number of carboxylic acids is 2. The molecule has 0 saturated heterocycles. The first-order valence-corrected chi connectivity index (χ1v) is 4.43. The van der Waals surface area contributed by atoms with Gasteiger partial charge in [-0.25, -0.2) is 4.79 Å². The van der Waals surface area contributed by atoms with E-state index in [1.54, 1.807) is 0 Å². The number of carbonyl (C=O) groups is 2. The van der Waals surface area contributed by atoms with E-state index in [-0.39, 0.29) is 0 Å². The topological polar surface area (TPSA) is 110 Å². The Morgan fingerprint density at radius 1 is 1.25 bits per heavy atom. The Balaban J connectivity index is 2.67. The summed E-state index contributed by atoms with van der Waals surface area (Å²) in [6.07, 6.45) is 0. The highest BCUT2D eigenvalue weighted by Gasteiger charge is 2.13. The molecule has 0 spiro atoms. The zero-order chi connectivity index (χ0) is 12.1. The van der Waals surface area contributed by atoms with Crippen molar-refractivity contribution in [2.24, 2.45) is 5.73 Å². The maximum absolute atomic E-state index is 10.6. The lowest BCUT2D eigenvalue weighted by Gasteiger charge is -2.08. The summed E-state index contributed by atoms with van der Waals surface area (Å²) in [5.41, 5.74) is 5.80. The Bertz CT molecular complexity index is 387. The van der Waals surface area contributed by atoms with E-state index in [4.69, 9.17) is 20.7 Å². The predicted octanol–water partition coefficient (Wildman–Crippen LogP) is 0.234. The molecule has 1 rings (SSSR count). The summed E-state index contributed by atoms with van der Waals surface area (Å²) in [7, 11) is 0. The highest BCUT2D eigenvalue weighted by Crippen LogP contribution is 2.16. The summed E-state index contributed by atoms with van der Waals surface area (Å²) >= 11 is 0. The van der Waals surface area contributed by atoms with Crippen LogP contribution < -0.4 is 10.5 Å². The van der Waals surface area contributed by atoms with Crippen LogP contribution in [0.15, 0.2) is 24.3 Å². The lowest BCUT2D eigenvalue weighted by Crippen LogP contribution is -2.20. The van der Waals surface area contributed by atoms with E-state index in [0.29, 0.717) is 11.3 Å². The summed E-state index contributed by atoms with van der Waals surface area (Å²) in [5, 5.41) is 17.0. The van der Waals surface area contributed by atoms with Crippen LogP contribution in [-0.2, 0) is 9.59 Å². The number of benzene rings is 1. The summed E-state index contributed by atoms with van der Waals surface area (Å²) in [6, 6.07) is 4.82. The molecule has 0 saturated carbocycles. The molecule has 86 valence electrons. The van der Waals surface area contributed by atoms with Crippen molar-refractivity contribution in [1.82, 2.24) is 0 Å². The molecule has 0 unspecified atom stereocenters. The molecule has 6 nitrogen and oxygen atoms in total. The number of aliphatic carboxylic acids is 2. The molecule has 6 heteroatoms. The second kappa shape index (κ2) is 5.13. The molecular formula is C10H11NO5. The van der Waals surface area contributed by atoms with E-state index in [1.807, 2.05) is 0 Å². The van der Waals surface area contributed by atoms with Crippen molar-refractivity contribution in [2.45, 2.75) is 6.04 Å². The molecule has 0 heterocycles. The number of nitrogens with two attached hydrogens (primary N) is 1. The number of hydrogen-bond donors (Lipinski definition) is 3. The summed E-state index contributed by atoms with van der Waals surface area (Å²) in [5.74, 6) is -1.85. The number of rotatable bonds is 5. The first kappa shape index (κ1) is 12.0. The van der Waals surface area contributed by atoms with E-state index in [9.17, 15) is 9.59 Å². The summed E-state index contributed by atoms with van der Waals surface area (Å²) in [6.45, 7) is -0.440. The Kier molecular flexibility index (Phi) is 3.84. The van der Waals surface area contributed by atoms with Crippen molar-refractivity contribution in [1.29, 1.82) is 0 Å². The van der Waals surface area contributed by atoms with Crippen LogP contribution in [0.2, 0.25) is 0 Å². The van der Waals surface area contributed by atoms with E-state index < -0.39 is 24.6 Å². The van der Waals surface area contributed by atoms with Gasteiger partial charge in [-0.1, -0.05) is 12.1 Å². The van der Waals surface area contributed by atoms with Crippen molar-refractivity contribution in [3.05, 3.63) is 29.8 Å². The maximum Gasteiger partial charge on any atom is 0.341 e. The fraction of sp³-hybridized carbons (Fsp3) is 0.200. The second-order valence-electron chi connectivity index (χ2n) is 3.07. The van der Waals surface area contributed by atoms with Gasteiger partial charge in [0, 0.05) is 0 Å². The van der Waals surface area contributed by atoms with Crippen LogP contribution in [0.3, 0.4) is 0 Å². The minimum atomic E-state index is -1.13. The third-order valence-electron chi connectivity index (χ3n) is 1.87. The average Bonchev–Trinajstić information content (AvgIpc) is 2.26. The van der Waals surface area contributed by atoms with Gasteiger partial charge in [-0.15, -0.1) is 0 Å². The van der Waals surface area contributed by atoms with E-state index in [2.05, 4.69) is 0 Å². The van der Waals surface area contributed by atoms with Crippen molar-refractivity contribution in [3.8, 4) is 5.75 Å². The fourth-order valence-electron chi connectivity index (χ4n) is 1.06. The van der Waals surface area contributed by atoms with Crippen LogP contribution in [0.25, 0.3) is 0 Å². The van der Waals surface area contributed by atoms with Crippen molar-refractivity contribution < 1.29 is 24.5 Å². The Morgan fingerprint density at radius 2 is 1.81 bits per heavy atom. The normalized spacial score (nSPS) is 11.8. The van der Waals surface area contributed by atoms with Crippen molar-refractivity contribution >= 4 is 11.9 Å². The standard InChI is InChI=1S/C10H11NO5/c11-9(10(14)15)6-1-3-7(4-2-6)16-5-8(12)13/h1-4,9H,5,11H2,(H,12,13)(H,14,15)/t9-/m0/s1. The van der Waals surface area contributed by atoms with E-state index >= 15 is 0 Å². The third-order valence-corrected chi connectivity index (χ3v) is 1.87. The molecule has 0 aliphatic carbocycles. The van der Waals surface area contributed by atoms with Crippen molar-refractivity contribution in [3.63, 3.8) is 0 Å². The quantitative estimate of drug-likeness (QED) is 0.661. The van der Waals surface area contributed by atoms with Gasteiger partial charge in [0.05, 0.1) is 0 Å². The van der Waals surface area contributed by atoms with Gasteiger partial charge in [-0.05, 0) is 17.7 Å². The number of ether oxygens (including phenoxy) is 1. The van der Waals surface area contributed by atoms with Gasteiger partial charge in [0.15, 0.2) is 6.61 Å². The van der Waals surface area contributed by atoms with Crippen LogP contribution in [0, 0.1) is 0 Å². The van der Waals surface area contributed by atoms with Gasteiger partial charge >= 0.3 is 11.9 Å². The lowest BCUT2D eigenvalue weighted by atomic mass is 10.1. The third kappa shape index (κ3) is 3.25. The zero-order valence-electron chi connectivity index (χ0n) is 8.29. The smallest absolute Gasteiger partial charge is 0.341 e. The molecule has 1 aromatic rings. The Labute approximate surface area is 91.3 Å². The molecule has 0 radical (unpaired) electrons. The monoisotopic (exact) mass is 225 g/mol. The number of carboxylic acid groups (broad SMARTS) is 2. The van der Waals surface area contributed by atoms with Crippen molar-refractivity contribution in [2.75, 3.05) is 6.61 Å². The first-order chi connectivity index (χ1) is 7.50. The van der Waals surface area contributed by atoms with Crippen LogP contribution in [0.4, 0.5) is 0 Å². The van der Waals surface area contributed by atoms with Gasteiger partial charge in [0.1, 0.15) is 11.8 Å². The molecule has 0 aliphatic heterocycles. The van der Waals surface area contributed by atoms with Gasteiger partial charge in [-0.3, -0.25) is 4.79 Å². The molecular weight excluding hydrogens is 214 g/mol. The fourth-order valence-corrected chi connectivity index (χ4v) is 1.06. The largest absolute Gasteiger partial charge is 0.482 e. The van der Waals surface area contributed by atoms with Gasteiger partial charge in [0.25, 0.3) is 0 Å². The first-order valence-electron chi connectivity index (χ1n) is 4.43. The second-order valence-corrected chi connectivity index (χ2v) is 3.07. The van der Waals surface area contributed by atoms with E-state index in [1.165, 1.54) is 24.3 Å². The predicted molar refractivity (Wildman–Crippen MR) is 54.1 cm³/mol. The maximum atomic E-state index is 10.6. The molecule has 1 aromatic carbocycles. The highest BCUT2D eigenvalue weighted by molar-refractivity contribution is 5.75. The molecule has 1 atom stereocenters. The molecule has 0 aliphatic rings. The molecule has 16 heavy (non-hydrogen) atoms. The van der Waals surface area contributed by atoms with Crippen LogP contribution in [0.5, 0.6) is 5.75 Å². The SMILES string of the molecule is N[C@H](C(=O)O)c1ccc(OCC(=O)O)cc1. The zero-order valence-corrected chi connectivity index (χ0v) is 8.29. The Morgan fingerprint density at radius 3 is 2.25 bits per heavy atom. The van der Waals surface area contributed by atoms with Crippen LogP contribution in [-0.4, -0.2) is 28.8 Å². The minimum Gasteiger partial charge on any atom is -0.482 e. The molecule has 0 bridgehead atoms. The van der Waals surface area contributed by atoms with Crippen LogP contribution in [0.1, 0.15) is 11.6 Å². The van der Waals surface area contributed by atoms with Gasteiger partial charge in [-0.2, -0.15) is 0 Å². The minimum absolute atomic E-state index is 0.351. The lowest BCUT2D eigenvalue weighted by molar-refractivity contribution is -0.139. The number of hydrogen-bond acceptors (Lipinski definition) is 4.